The fraction of sp³-hybridized carbons (Fsp3) is 0.292. The first-order valence-corrected chi connectivity index (χ1v) is 18.5. The summed E-state index contributed by atoms with van der Waals surface area (Å²) in [5.41, 5.74) is 2.59. The third kappa shape index (κ3) is 8.12. The van der Waals surface area contributed by atoms with Gasteiger partial charge in [0.05, 0.1) is 22.7 Å². The van der Waals surface area contributed by atoms with Crippen LogP contribution in [0.4, 0.5) is 5.69 Å². The summed E-state index contributed by atoms with van der Waals surface area (Å²) in [6.45, 7) is 2.27. The van der Waals surface area contributed by atoms with Crippen molar-refractivity contribution in [2.75, 3.05) is 23.5 Å². The summed E-state index contributed by atoms with van der Waals surface area (Å²) >= 11 is 15.9. The predicted octanol–water partition coefficient (Wildman–Crippen LogP) is 4.85. The molecule has 16 heteroatoms. The molecule has 0 radical (unpaired) electrons. The van der Waals surface area contributed by atoms with Crippen LogP contribution in [-0.4, -0.2) is 51.2 Å². The van der Waals surface area contributed by atoms with E-state index in [2.05, 4.69) is 4.90 Å². The minimum absolute atomic E-state index is 0.186. The number of rotatable bonds is 11. The lowest BCUT2D eigenvalue weighted by molar-refractivity contribution is -0.655. The molecule has 2 aromatic heterocycles. The van der Waals surface area contributed by atoms with Crippen LogP contribution in [0.15, 0.2) is 45.8 Å². The van der Waals surface area contributed by atoms with E-state index in [-0.39, 0.29) is 12.3 Å². The number of hydrogen-bond donors (Lipinski definition) is 2. The van der Waals surface area contributed by atoms with Crippen LogP contribution in [0.25, 0.3) is 15.6 Å². The number of carbonyl (C=O) groups is 1. The van der Waals surface area contributed by atoms with E-state index in [9.17, 15) is 21.6 Å². The van der Waals surface area contributed by atoms with Crippen molar-refractivity contribution in [1.82, 2.24) is 4.72 Å². The Morgan fingerprint density at radius 3 is 2.62 bits per heavy atom. The minimum Gasteiger partial charge on any atom is -0.335 e. The molecule has 1 amide bonds. The third-order valence-electron chi connectivity index (χ3n) is 5.60. The summed E-state index contributed by atoms with van der Waals surface area (Å²) in [6.07, 6.45) is 5.71. The molecule has 0 atom stereocenters. The standard InChI is InChI=1S/C24H24ClN3O6S6/c1-15(9-22-27(7-3-4-8-40(32,33)34)18-11-16(25)5-6-20(18)37-22)10-23-28(13-21(29)26-39(2,30)31)19-12-17(14-35)36-24(19)38-23/h5-6,9-12,14H,3-4,7-8,13H2,1-2H3,(H-,26,29,32,33,34)/p+1. The molecule has 0 saturated heterocycles. The Hall–Kier alpha value is -1.85. The number of nitrogens with zero attached hydrogens (tertiary/aromatic N) is 2. The number of thiocarbonyl (C=S) groups is 1. The van der Waals surface area contributed by atoms with Gasteiger partial charge in [-0.25, -0.2) is 13.1 Å². The van der Waals surface area contributed by atoms with Crippen molar-refractivity contribution in [3.8, 4) is 0 Å². The second-order valence-corrected chi connectivity index (χ2v) is 16.4. The van der Waals surface area contributed by atoms with Gasteiger partial charge in [0.2, 0.25) is 22.1 Å². The lowest BCUT2D eigenvalue weighted by Gasteiger charge is -2.20. The number of carbonyl (C=O) groups excluding carboxylic acids is 1. The number of thiazole rings is 1. The number of allylic oxidation sites excluding steroid dienone is 2. The maximum absolute atomic E-state index is 12.5. The van der Waals surface area contributed by atoms with Gasteiger partial charge in [-0.2, -0.15) is 13.0 Å². The predicted molar refractivity (Wildman–Crippen MR) is 168 cm³/mol. The quantitative estimate of drug-likeness (QED) is 0.127. The van der Waals surface area contributed by atoms with E-state index in [1.54, 1.807) is 21.7 Å². The van der Waals surface area contributed by atoms with E-state index in [1.165, 1.54) is 22.7 Å². The molecule has 0 fully saturated rings. The van der Waals surface area contributed by atoms with Gasteiger partial charge >= 0.3 is 0 Å². The van der Waals surface area contributed by atoms with Gasteiger partial charge < -0.3 is 4.90 Å². The zero-order chi connectivity index (χ0) is 29.2. The van der Waals surface area contributed by atoms with Gasteiger partial charge in [0.15, 0.2) is 4.01 Å². The molecular weight excluding hydrogens is 654 g/mol. The van der Waals surface area contributed by atoms with Crippen LogP contribution in [0.5, 0.6) is 0 Å². The minimum atomic E-state index is -4.03. The smallest absolute Gasteiger partial charge is 0.299 e. The van der Waals surface area contributed by atoms with Crippen molar-refractivity contribution in [2.24, 2.45) is 0 Å². The molecule has 1 aliphatic heterocycles. The fourth-order valence-electron chi connectivity index (χ4n) is 4.02. The van der Waals surface area contributed by atoms with E-state index in [0.29, 0.717) is 24.4 Å². The first kappa shape index (κ1) is 31.1. The van der Waals surface area contributed by atoms with Crippen LogP contribution in [0, 0.1) is 0 Å². The van der Waals surface area contributed by atoms with Crippen LogP contribution >= 0.6 is 58.3 Å². The van der Waals surface area contributed by atoms with Crippen LogP contribution in [0.3, 0.4) is 0 Å². The van der Waals surface area contributed by atoms with Crippen molar-refractivity contribution >= 4 is 111 Å². The lowest BCUT2D eigenvalue weighted by Crippen LogP contribution is -2.45. The highest BCUT2D eigenvalue weighted by molar-refractivity contribution is 8.03. The molecule has 40 heavy (non-hydrogen) atoms. The summed E-state index contributed by atoms with van der Waals surface area (Å²) in [5.74, 6) is -0.954. The summed E-state index contributed by atoms with van der Waals surface area (Å²) in [5, 5.41) is 3.83. The Kier molecular flexibility index (Phi) is 9.77. The summed E-state index contributed by atoms with van der Waals surface area (Å²) < 4.78 is 59.3. The van der Waals surface area contributed by atoms with Crippen LogP contribution in [-0.2, 0) is 31.5 Å². The Morgan fingerprint density at radius 2 is 1.95 bits per heavy atom. The van der Waals surface area contributed by atoms with Gasteiger partial charge in [-0.3, -0.25) is 9.35 Å². The second kappa shape index (κ2) is 12.6. The molecule has 0 spiro atoms. The molecule has 2 N–H and O–H groups in total. The molecule has 9 nitrogen and oxygen atoms in total. The number of amides is 1. The molecular formula is C24H25ClN3O6S6+. The SMILES string of the molecule is CC(=Cc1sc2sc(C=S)cc2[n+]1CC(=O)NS(C)(=O)=O)C=C1Sc2ccc(Cl)cc2N1CCCCS(=O)(=O)O. The van der Waals surface area contributed by atoms with Crippen molar-refractivity contribution in [1.29, 1.82) is 0 Å². The van der Waals surface area contributed by atoms with Crippen LogP contribution in [0.2, 0.25) is 5.02 Å². The Balaban J connectivity index is 1.66. The maximum Gasteiger partial charge on any atom is 0.299 e. The Bertz CT molecular complexity index is 1760. The fourth-order valence-corrected chi connectivity index (χ4v) is 9.03. The van der Waals surface area contributed by atoms with E-state index in [1.807, 2.05) is 48.1 Å². The molecule has 214 valence electrons. The number of hydrogen-bond acceptors (Lipinski definition) is 10. The highest BCUT2D eigenvalue weighted by atomic mass is 35.5. The average molecular weight is 679 g/mol. The summed E-state index contributed by atoms with van der Waals surface area (Å²) in [6, 6.07) is 7.49. The van der Waals surface area contributed by atoms with E-state index in [0.717, 1.165) is 46.9 Å². The topological polar surface area (TPSA) is 125 Å². The number of fused-ring (bicyclic) bond motifs is 2. The molecule has 1 aliphatic rings. The highest BCUT2D eigenvalue weighted by Gasteiger charge is 2.27. The molecule has 0 unspecified atom stereocenters. The number of thioether (sulfide) groups is 1. The monoisotopic (exact) mass is 678 g/mol. The summed E-state index contributed by atoms with van der Waals surface area (Å²) in [4.78, 5) is 16.5. The number of sulfonamides is 1. The second-order valence-electron chi connectivity index (χ2n) is 8.99. The van der Waals surface area contributed by atoms with Crippen LogP contribution < -0.4 is 14.2 Å². The zero-order valence-electron chi connectivity index (χ0n) is 21.3. The largest absolute Gasteiger partial charge is 0.335 e. The van der Waals surface area contributed by atoms with E-state index in [4.69, 9.17) is 28.4 Å². The van der Waals surface area contributed by atoms with Crippen molar-refractivity contribution < 1.29 is 30.7 Å². The van der Waals surface area contributed by atoms with Gasteiger partial charge in [-0.15, -0.1) is 11.3 Å². The first-order chi connectivity index (χ1) is 18.7. The van der Waals surface area contributed by atoms with E-state index < -0.39 is 26.0 Å². The molecule has 3 aromatic rings. The van der Waals surface area contributed by atoms with Crippen molar-refractivity contribution in [2.45, 2.75) is 31.2 Å². The number of halogens is 1. The van der Waals surface area contributed by atoms with Gasteiger partial charge in [-0.1, -0.05) is 46.9 Å². The lowest BCUT2D eigenvalue weighted by atomic mass is 10.2. The first-order valence-electron chi connectivity index (χ1n) is 11.7. The highest BCUT2D eigenvalue weighted by Crippen LogP contribution is 2.47. The number of nitrogens with one attached hydrogen (secondary N) is 1. The Labute approximate surface area is 255 Å². The maximum atomic E-state index is 12.5. The molecule has 0 saturated carbocycles. The van der Waals surface area contributed by atoms with Gasteiger partial charge in [0.25, 0.3) is 21.0 Å². The molecule has 4 rings (SSSR count). The Morgan fingerprint density at radius 1 is 1.20 bits per heavy atom. The van der Waals surface area contributed by atoms with Crippen LogP contribution in [0.1, 0.15) is 29.7 Å². The number of aromatic nitrogens is 1. The molecule has 0 aliphatic carbocycles. The summed E-state index contributed by atoms with van der Waals surface area (Å²) in [7, 11) is -7.73. The molecule has 0 bridgehead atoms. The number of thiophene rings is 1. The third-order valence-corrected chi connectivity index (χ3v) is 11.1. The van der Waals surface area contributed by atoms with Crippen molar-refractivity contribution in [3.05, 3.63) is 55.9 Å². The molecule has 1 aromatic carbocycles. The van der Waals surface area contributed by atoms with Gasteiger partial charge in [0, 0.05) is 38.8 Å². The van der Waals surface area contributed by atoms with Gasteiger partial charge in [-0.05, 0) is 49.6 Å². The normalized spacial score (nSPS) is 15.2. The average Bonchev–Trinajstić information content (AvgIpc) is 3.47. The van der Waals surface area contributed by atoms with Gasteiger partial charge in [0.1, 0.15) is 0 Å². The number of benzene rings is 1. The van der Waals surface area contributed by atoms with Crippen molar-refractivity contribution in [3.63, 3.8) is 0 Å². The van der Waals surface area contributed by atoms with E-state index >= 15 is 0 Å². The number of anilines is 1. The zero-order valence-corrected chi connectivity index (χ0v) is 26.9. The number of unbranched alkanes of at least 4 members (excludes halogenated alkanes) is 1. The molecule has 3 heterocycles.